The Bertz CT molecular complexity index is 1060. The van der Waals surface area contributed by atoms with Crippen molar-refractivity contribution in [3.8, 4) is 0 Å². The minimum atomic E-state index is -3.30. The second-order valence-electron chi connectivity index (χ2n) is 5.00. The molecule has 0 aliphatic heterocycles. The number of rotatable bonds is 3. The highest BCUT2D eigenvalue weighted by atomic mass is 35.5. The van der Waals surface area contributed by atoms with Gasteiger partial charge in [0.1, 0.15) is 0 Å². The summed E-state index contributed by atoms with van der Waals surface area (Å²) in [5.41, 5.74) is 0.833. The van der Waals surface area contributed by atoms with Gasteiger partial charge in [0.25, 0.3) is 5.91 Å². The molecule has 0 atom stereocenters. The Morgan fingerprint density at radius 3 is 2.62 bits per heavy atom. The van der Waals surface area contributed by atoms with Crippen molar-refractivity contribution in [3.05, 3.63) is 52.0 Å². The van der Waals surface area contributed by atoms with Crippen LogP contribution in [0.25, 0.3) is 10.2 Å². The van der Waals surface area contributed by atoms with Gasteiger partial charge in [0, 0.05) is 11.3 Å². The van der Waals surface area contributed by atoms with E-state index in [0.29, 0.717) is 20.4 Å². The third kappa shape index (κ3) is 3.54. The molecule has 0 radical (unpaired) electrons. The number of hydrogen-bond donors (Lipinski definition) is 1. The Morgan fingerprint density at radius 1 is 1.17 bits per heavy atom. The van der Waals surface area contributed by atoms with Crippen LogP contribution in [0.2, 0.25) is 10.0 Å². The van der Waals surface area contributed by atoms with Crippen LogP contribution < -0.4 is 5.32 Å². The van der Waals surface area contributed by atoms with Crippen molar-refractivity contribution >= 4 is 65.6 Å². The lowest BCUT2D eigenvalue weighted by atomic mass is 10.2. The fourth-order valence-electron chi connectivity index (χ4n) is 2.03. The molecule has 1 N–H and O–H groups in total. The Balaban J connectivity index is 1.93. The zero-order valence-corrected chi connectivity index (χ0v) is 15.4. The number of benzene rings is 2. The second kappa shape index (κ2) is 6.33. The van der Waals surface area contributed by atoms with Gasteiger partial charge in [0.05, 0.1) is 25.7 Å². The predicted octanol–water partition coefficient (Wildman–Crippen LogP) is 4.26. The van der Waals surface area contributed by atoms with Crippen molar-refractivity contribution in [2.75, 3.05) is 11.6 Å². The molecular formula is C15H10Cl2N2O3S2. The zero-order chi connectivity index (χ0) is 17.5. The molecular weight excluding hydrogens is 391 g/mol. The maximum absolute atomic E-state index is 12.3. The van der Waals surface area contributed by atoms with Crippen molar-refractivity contribution < 1.29 is 13.2 Å². The lowest BCUT2D eigenvalue weighted by Crippen LogP contribution is -2.12. The summed E-state index contributed by atoms with van der Waals surface area (Å²) in [5, 5.41) is 3.66. The molecule has 1 aromatic heterocycles. The van der Waals surface area contributed by atoms with E-state index in [0.717, 1.165) is 6.26 Å². The molecule has 1 amide bonds. The summed E-state index contributed by atoms with van der Waals surface area (Å²) in [7, 11) is -3.30. The molecule has 9 heteroatoms. The minimum Gasteiger partial charge on any atom is -0.298 e. The fourth-order valence-corrected chi connectivity index (χ4v) is 4.02. The van der Waals surface area contributed by atoms with E-state index in [-0.39, 0.29) is 15.5 Å². The van der Waals surface area contributed by atoms with Gasteiger partial charge in [-0.3, -0.25) is 10.1 Å². The van der Waals surface area contributed by atoms with E-state index in [1.165, 1.54) is 35.6 Å². The van der Waals surface area contributed by atoms with Crippen LogP contribution in [-0.4, -0.2) is 25.6 Å². The molecule has 0 spiro atoms. The van der Waals surface area contributed by atoms with E-state index >= 15 is 0 Å². The highest BCUT2D eigenvalue weighted by molar-refractivity contribution is 7.90. The van der Waals surface area contributed by atoms with E-state index < -0.39 is 15.7 Å². The molecule has 3 rings (SSSR count). The number of fused-ring (bicyclic) bond motifs is 1. The maximum Gasteiger partial charge on any atom is 0.259 e. The van der Waals surface area contributed by atoms with Crippen molar-refractivity contribution in [2.45, 2.75) is 4.90 Å². The number of nitrogens with zero attached hydrogens (tertiary/aromatic N) is 1. The van der Waals surface area contributed by atoms with Gasteiger partial charge in [0.15, 0.2) is 15.0 Å². The molecule has 0 aliphatic carbocycles. The standard InChI is InChI=1S/C15H10Cl2N2O3S2/c1-24(21,22)9-3-5-12-13(7-9)23-15(18-12)19-14(20)10-6-8(16)2-4-11(10)17/h2-7H,1H3,(H,18,19,20). The summed E-state index contributed by atoms with van der Waals surface area (Å²) in [4.78, 5) is 16.8. The molecule has 124 valence electrons. The van der Waals surface area contributed by atoms with Crippen molar-refractivity contribution in [1.29, 1.82) is 0 Å². The van der Waals surface area contributed by atoms with Crippen LogP contribution in [0, 0.1) is 0 Å². The summed E-state index contributed by atoms with van der Waals surface area (Å²) < 4.78 is 23.9. The summed E-state index contributed by atoms with van der Waals surface area (Å²) >= 11 is 13.1. The lowest BCUT2D eigenvalue weighted by Gasteiger charge is -2.04. The number of carbonyl (C=O) groups is 1. The SMILES string of the molecule is CS(=O)(=O)c1ccc2nc(NC(=O)c3cc(Cl)ccc3Cl)sc2c1. The van der Waals surface area contributed by atoms with Crippen molar-refractivity contribution in [3.63, 3.8) is 0 Å². The molecule has 0 aliphatic rings. The molecule has 1 heterocycles. The smallest absolute Gasteiger partial charge is 0.259 e. The molecule has 0 saturated carbocycles. The maximum atomic E-state index is 12.3. The average Bonchev–Trinajstić information content (AvgIpc) is 2.89. The number of sulfone groups is 1. The van der Waals surface area contributed by atoms with E-state index in [1.807, 2.05) is 0 Å². The first kappa shape index (κ1) is 17.2. The summed E-state index contributed by atoms with van der Waals surface area (Å²) in [6.07, 6.45) is 1.14. The van der Waals surface area contributed by atoms with E-state index in [9.17, 15) is 13.2 Å². The van der Waals surface area contributed by atoms with Crippen LogP contribution in [0.1, 0.15) is 10.4 Å². The zero-order valence-electron chi connectivity index (χ0n) is 12.2. The average molecular weight is 401 g/mol. The molecule has 3 aromatic rings. The van der Waals surface area contributed by atoms with E-state index in [2.05, 4.69) is 10.3 Å². The van der Waals surface area contributed by atoms with Gasteiger partial charge in [-0.2, -0.15) is 0 Å². The molecule has 0 saturated heterocycles. The van der Waals surface area contributed by atoms with Crippen molar-refractivity contribution in [1.82, 2.24) is 4.98 Å². The molecule has 0 bridgehead atoms. The number of aromatic nitrogens is 1. The third-order valence-electron chi connectivity index (χ3n) is 3.18. The number of carbonyl (C=O) groups excluding carboxylic acids is 1. The Morgan fingerprint density at radius 2 is 1.92 bits per heavy atom. The van der Waals surface area contributed by atoms with Crippen LogP contribution in [0.15, 0.2) is 41.3 Å². The van der Waals surface area contributed by atoms with Crippen LogP contribution in [0.3, 0.4) is 0 Å². The first-order chi connectivity index (χ1) is 11.2. The number of hydrogen-bond acceptors (Lipinski definition) is 5. The van der Waals surface area contributed by atoms with Gasteiger partial charge in [-0.15, -0.1) is 0 Å². The summed E-state index contributed by atoms with van der Waals surface area (Å²) in [5.74, 6) is -0.440. The summed E-state index contributed by atoms with van der Waals surface area (Å²) in [6.45, 7) is 0. The van der Waals surface area contributed by atoms with Gasteiger partial charge < -0.3 is 0 Å². The second-order valence-corrected chi connectivity index (χ2v) is 8.89. The number of amides is 1. The molecule has 2 aromatic carbocycles. The number of nitrogens with one attached hydrogen (secondary N) is 1. The minimum absolute atomic E-state index is 0.203. The van der Waals surface area contributed by atoms with E-state index in [4.69, 9.17) is 23.2 Å². The third-order valence-corrected chi connectivity index (χ3v) is 5.79. The van der Waals surface area contributed by atoms with Crippen LogP contribution in [-0.2, 0) is 9.84 Å². The van der Waals surface area contributed by atoms with Gasteiger partial charge in [-0.1, -0.05) is 34.5 Å². The highest BCUT2D eigenvalue weighted by Gasteiger charge is 2.15. The van der Waals surface area contributed by atoms with Crippen molar-refractivity contribution in [2.24, 2.45) is 0 Å². The first-order valence-electron chi connectivity index (χ1n) is 6.61. The molecule has 5 nitrogen and oxygen atoms in total. The quantitative estimate of drug-likeness (QED) is 0.712. The van der Waals surface area contributed by atoms with E-state index in [1.54, 1.807) is 12.1 Å². The number of halogens is 2. The topological polar surface area (TPSA) is 76.1 Å². The highest BCUT2D eigenvalue weighted by Crippen LogP contribution is 2.29. The summed E-state index contributed by atoms with van der Waals surface area (Å²) in [6, 6.07) is 9.21. The largest absolute Gasteiger partial charge is 0.298 e. The normalized spacial score (nSPS) is 11.6. The molecule has 0 unspecified atom stereocenters. The monoisotopic (exact) mass is 400 g/mol. The van der Waals surface area contributed by atoms with Gasteiger partial charge in [-0.25, -0.2) is 13.4 Å². The Hall–Kier alpha value is -1.67. The predicted molar refractivity (Wildman–Crippen MR) is 97.1 cm³/mol. The lowest BCUT2D eigenvalue weighted by molar-refractivity contribution is 0.102. The van der Waals surface area contributed by atoms with Crippen LogP contribution in [0.4, 0.5) is 5.13 Å². The van der Waals surface area contributed by atoms with Gasteiger partial charge in [0.2, 0.25) is 0 Å². The molecule has 0 fully saturated rings. The molecule has 24 heavy (non-hydrogen) atoms. The number of thiazole rings is 1. The van der Waals surface area contributed by atoms with Crippen LogP contribution >= 0.6 is 34.5 Å². The Labute approximate surface area is 152 Å². The first-order valence-corrected chi connectivity index (χ1v) is 10.1. The fraction of sp³-hybridized carbons (Fsp3) is 0.0667. The number of anilines is 1. The van der Waals surface area contributed by atoms with Gasteiger partial charge in [-0.05, 0) is 36.4 Å². The van der Waals surface area contributed by atoms with Gasteiger partial charge >= 0.3 is 0 Å². The van der Waals surface area contributed by atoms with Crippen LogP contribution in [0.5, 0.6) is 0 Å². The Kier molecular flexibility index (Phi) is 4.52.